The van der Waals surface area contributed by atoms with Crippen molar-refractivity contribution in [2.45, 2.75) is 11.4 Å². The predicted octanol–water partition coefficient (Wildman–Crippen LogP) is 2.33. The van der Waals surface area contributed by atoms with E-state index in [1.165, 1.54) is 48.3 Å². The van der Waals surface area contributed by atoms with E-state index in [2.05, 4.69) is 4.98 Å². The minimum atomic E-state index is -3.58. The topological polar surface area (TPSA) is 72.3 Å². The molecular weight excluding hydrogens is 366 g/mol. The normalized spacial score (nSPS) is 12.0. The second-order valence-electron chi connectivity index (χ2n) is 5.24. The Hall–Kier alpha value is -1.81. The Kier molecular flexibility index (Phi) is 4.68. The van der Waals surface area contributed by atoms with Crippen LogP contribution in [-0.4, -0.2) is 36.4 Å². The van der Waals surface area contributed by atoms with Crippen molar-refractivity contribution in [1.29, 1.82) is 0 Å². The summed E-state index contributed by atoms with van der Waals surface area (Å²) in [6, 6.07) is 6.54. The van der Waals surface area contributed by atoms with Crippen LogP contribution >= 0.6 is 22.7 Å². The van der Waals surface area contributed by atoms with Crippen LogP contribution in [0.15, 0.2) is 50.9 Å². The average molecular weight is 382 g/mol. The van der Waals surface area contributed by atoms with Gasteiger partial charge in [-0.15, -0.1) is 22.7 Å². The maximum absolute atomic E-state index is 12.2. The van der Waals surface area contributed by atoms with Gasteiger partial charge in [0.1, 0.15) is 5.01 Å². The number of sulfonamides is 1. The van der Waals surface area contributed by atoms with Gasteiger partial charge in [-0.1, -0.05) is 6.07 Å². The molecule has 9 heteroatoms. The van der Waals surface area contributed by atoms with Crippen LogP contribution < -0.4 is 5.56 Å². The fourth-order valence-corrected chi connectivity index (χ4v) is 4.61. The molecule has 0 aliphatic heterocycles. The van der Waals surface area contributed by atoms with Gasteiger partial charge >= 0.3 is 0 Å². The second kappa shape index (κ2) is 6.60. The third-order valence-electron chi connectivity index (χ3n) is 3.35. The second-order valence-corrected chi connectivity index (χ2v) is 9.20. The number of aromatic nitrogens is 2. The first-order valence-electron chi connectivity index (χ1n) is 6.99. The number of hydrogen-bond acceptors (Lipinski definition) is 6. The van der Waals surface area contributed by atoms with Gasteiger partial charge < -0.3 is 4.57 Å². The summed E-state index contributed by atoms with van der Waals surface area (Å²) in [7, 11) is -0.667. The van der Waals surface area contributed by atoms with E-state index in [-0.39, 0.29) is 17.0 Å². The Morgan fingerprint density at radius 2 is 2.00 bits per heavy atom. The van der Waals surface area contributed by atoms with Crippen molar-refractivity contribution in [1.82, 2.24) is 13.9 Å². The molecule has 0 unspecified atom stereocenters. The van der Waals surface area contributed by atoms with Crippen molar-refractivity contribution in [3.63, 3.8) is 0 Å². The van der Waals surface area contributed by atoms with Gasteiger partial charge in [-0.3, -0.25) is 4.79 Å². The van der Waals surface area contributed by atoms with Crippen molar-refractivity contribution in [2.24, 2.45) is 0 Å². The summed E-state index contributed by atoms with van der Waals surface area (Å²) >= 11 is 3.11. The van der Waals surface area contributed by atoms with E-state index in [0.717, 1.165) is 19.9 Å². The molecule has 0 N–H and O–H groups in total. The maximum Gasteiger partial charge on any atom is 0.250 e. The quantitative estimate of drug-likeness (QED) is 0.680. The Morgan fingerprint density at radius 1 is 1.21 bits per heavy atom. The highest BCUT2D eigenvalue weighted by molar-refractivity contribution is 7.89. The molecule has 126 valence electrons. The highest BCUT2D eigenvalue weighted by Crippen LogP contribution is 2.27. The zero-order valence-corrected chi connectivity index (χ0v) is 15.5. The first kappa shape index (κ1) is 17.0. The molecule has 0 bridgehead atoms. The Bertz CT molecular complexity index is 1000. The van der Waals surface area contributed by atoms with E-state index in [1.807, 2.05) is 22.9 Å². The minimum absolute atomic E-state index is 0.0841. The van der Waals surface area contributed by atoms with E-state index in [0.29, 0.717) is 0 Å². The molecule has 0 fully saturated rings. The van der Waals surface area contributed by atoms with E-state index in [4.69, 9.17) is 0 Å². The predicted molar refractivity (Wildman–Crippen MR) is 96.1 cm³/mol. The van der Waals surface area contributed by atoms with Crippen LogP contribution in [0.25, 0.3) is 9.88 Å². The monoisotopic (exact) mass is 381 g/mol. The van der Waals surface area contributed by atoms with E-state index >= 15 is 0 Å². The maximum atomic E-state index is 12.2. The van der Waals surface area contributed by atoms with E-state index in [9.17, 15) is 13.2 Å². The van der Waals surface area contributed by atoms with Gasteiger partial charge in [-0.05, 0) is 17.5 Å². The van der Waals surface area contributed by atoms with Crippen molar-refractivity contribution < 1.29 is 8.42 Å². The van der Waals surface area contributed by atoms with Gasteiger partial charge in [-0.25, -0.2) is 17.7 Å². The van der Waals surface area contributed by atoms with Gasteiger partial charge in [0.15, 0.2) is 0 Å². The molecule has 3 rings (SSSR count). The zero-order valence-electron chi connectivity index (χ0n) is 13.0. The number of rotatable bonds is 5. The lowest BCUT2D eigenvalue weighted by Crippen LogP contribution is -2.26. The first-order valence-corrected chi connectivity index (χ1v) is 10.2. The van der Waals surface area contributed by atoms with Crippen LogP contribution in [0.1, 0.15) is 5.69 Å². The number of pyridine rings is 1. The fraction of sp³-hybridized carbons (Fsp3) is 0.200. The highest BCUT2D eigenvalue weighted by Gasteiger charge is 2.18. The van der Waals surface area contributed by atoms with Gasteiger partial charge in [0.05, 0.1) is 22.0 Å². The number of hydrogen-bond donors (Lipinski definition) is 0. The molecule has 0 amide bonds. The summed E-state index contributed by atoms with van der Waals surface area (Å²) in [6.07, 6.45) is 1.36. The highest BCUT2D eigenvalue weighted by atomic mass is 32.2. The SMILES string of the molecule is CN(C)S(=O)(=O)c1ccc(=O)n(Cc2csc(-c3cccs3)n2)c1. The van der Waals surface area contributed by atoms with Crippen LogP contribution in [0.3, 0.4) is 0 Å². The summed E-state index contributed by atoms with van der Waals surface area (Å²) in [5.41, 5.74) is 0.461. The Morgan fingerprint density at radius 3 is 2.67 bits per heavy atom. The molecule has 3 aromatic rings. The molecular formula is C15H15N3O3S3. The van der Waals surface area contributed by atoms with Gasteiger partial charge in [0.2, 0.25) is 10.0 Å². The number of thiazole rings is 1. The van der Waals surface area contributed by atoms with Crippen LogP contribution in [0.4, 0.5) is 0 Å². The fourth-order valence-electron chi connectivity index (χ4n) is 2.06. The smallest absolute Gasteiger partial charge is 0.250 e. The molecule has 0 saturated heterocycles. The lowest BCUT2D eigenvalue weighted by atomic mass is 10.4. The summed E-state index contributed by atoms with van der Waals surface area (Å²) < 4.78 is 26.9. The Labute approximate surface area is 147 Å². The average Bonchev–Trinajstić information content (AvgIpc) is 3.20. The van der Waals surface area contributed by atoms with Gasteiger partial charge in [0, 0.05) is 31.7 Å². The molecule has 0 radical (unpaired) electrons. The summed E-state index contributed by atoms with van der Waals surface area (Å²) in [6.45, 7) is 0.234. The third-order valence-corrected chi connectivity index (χ3v) is 7.08. The van der Waals surface area contributed by atoms with Crippen molar-refractivity contribution >= 4 is 32.7 Å². The summed E-state index contributed by atoms with van der Waals surface area (Å²) in [4.78, 5) is 17.7. The molecule has 0 aliphatic rings. The van der Waals surface area contributed by atoms with E-state index in [1.54, 1.807) is 11.3 Å². The largest absolute Gasteiger partial charge is 0.308 e. The minimum Gasteiger partial charge on any atom is -0.308 e. The first-order chi connectivity index (χ1) is 11.4. The van der Waals surface area contributed by atoms with Crippen LogP contribution in [-0.2, 0) is 16.6 Å². The molecule has 3 aromatic heterocycles. The van der Waals surface area contributed by atoms with Gasteiger partial charge in [-0.2, -0.15) is 0 Å². The molecule has 0 spiro atoms. The zero-order chi connectivity index (χ0) is 17.3. The van der Waals surface area contributed by atoms with Crippen LogP contribution in [0.2, 0.25) is 0 Å². The molecule has 0 atom stereocenters. The lowest BCUT2D eigenvalue weighted by Gasteiger charge is -2.12. The molecule has 0 saturated carbocycles. The molecule has 0 aromatic carbocycles. The van der Waals surface area contributed by atoms with Crippen molar-refractivity contribution in [3.05, 3.63) is 57.3 Å². The van der Waals surface area contributed by atoms with Crippen LogP contribution in [0, 0.1) is 0 Å². The molecule has 24 heavy (non-hydrogen) atoms. The van der Waals surface area contributed by atoms with Crippen molar-refractivity contribution in [3.8, 4) is 9.88 Å². The van der Waals surface area contributed by atoms with Crippen molar-refractivity contribution in [2.75, 3.05) is 14.1 Å². The Balaban J connectivity index is 1.92. The molecule has 3 heterocycles. The third kappa shape index (κ3) is 3.34. The van der Waals surface area contributed by atoms with Crippen LogP contribution in [0.5, 0.6) is 0 Å². The van der Waals surface area contributed by atoms with E-state index < -0.39 is 10.0 Å². The lowest BCUT2D eigenvalue weighted by molar-refractivity contribution is 0.519. The summed E-state index contributed by atoms with van der Waals surface area (Å²) in [5, 5.41) is 4.76. The molecule has 0 aliphatic carbocycles. The van der Waals surface area contributed by atoms with Gasteiger partial charge in [0.25, 0.3) is 5.56 Å². The number of thiophene rings is 1. The standard InChI is InChI=1S/C15H15N3O3S3/c1-17(2)24(20,21)12-5-6-14(19)18(9-12)8-11-10-23-15(16-11)13-4-3-7-22-13/h3-7,9-10H,8H2,1-2H3. The molecule has 6 nitrogen and oxygen atoms in total. The summed E-state index contributed by atoms with van der Waals surface area (Å²) in [5.74, 6) is 0. The number of nitrogens with zero attached hydrogens (tertiary/aromatic N) is 3.